The van der Waals surface area contributed by atoms with Gasteiger partial charge in [0.25, 0.3) is 0 Å². The van der Waals surface area contributed by atoms with Gasteiger partial charge in [0, 0.05) is 12.7 Å². The number of carbonyl (C=O) groups excluding carboxylic acids is 1. The van der Waals surface area contributed by atoms with Crippen LogP contribution < -0.4 is 0 Å². The Morgan fingerprint density at radius 1 is 1.16 bits per heavy atom. The number of allylic oxidation sites excluding steroid dienone is 1. The van der Waals surface area contributed by atoms with E-state index in [-0.39, 0.29) is 11.0 Å². The Balaban J connectivity index is 3.07. The van der Waals surface area contributed by atoms with Gasteiger partial charge in [-0.05, 0) is 30.5 Å². The molecule has 140 valence electrons. The maximum Gasteiger partial charge on any atom is 0.306 e. The van der Waals surface area contributed by atoms with Crippen LogP contribution in [0, 0.1) is 0 Å². The van der Waals surface area contributed by atoms with Gasteiger partial charge in [-0.25, -0.2) is 0 Å². The van der Waals surface area contributed by atoms with E-state index in [1.54, 1.807) is 0 Å². The molecule has 1 aromatic rings. The zero-order valence-corrected chi connectivity index (χ0v) is 17.9. The quantitative estimate of drug-likeness (QED) is 0.350. The van der Waals surface area contributed by atoms with Gasteiger partial charge >= 0.3 is 5.97 Å². The SMILES string of the molecule is C/C=C/[C@@](C)(OC(=O)CC)[Si@@](C)(COCc1ccccc1)C(C)(C)C. The Morgan fingerprint density at radius 2 is 1.76 bits per heavy atom. The Morgan fingerprint density at radius 3 is 2.24 bits per heavy atom. The van der Waals surface area contributed by atoms with Gasteiger partial charge < -0.3 is 9.47 Å². The summed E-state index contributed by atoms with van der Waals surface area (Å²) in [6.45, 7) is 15.4. The summed E-state index contributed by atoms with van der Waals surface area (Å²) in [7, 11) is -2.21. The molecule has 0 aliphatic rings. The van der Waals surface area contributed by atoms with Crippen LogP contribution in [0.3, 0.4) is 0 Å². The van der Waals surface area contributed by atoms with E-state index in [2.05, 4.69) is 39.5 Å². The lowest BCUT2D eigenvalue weighted by atomic mass is 10.2. The van der Waals surface area contributed by atoms with Crippen LogP contribution in [0.1, 0.15) is 53.5 Å². The van der Waals surface area contributed by atoms with Crippen molar-refractivity contribution in [2.24, 2.45) is 0 Å². The number of rotatable bonds is 8. The van der Waals surface area contributed by atoms with E-state index in [0.717, 1.165) is 5.56 Å². The summed E-state index contributed by atoms with van der Waals surface area (Å²) in [5.41, 5.74) is 1.16. The zero-order chi connectivity index (χ0) is 19.1. The van der Waals surface area contributed by atoms with Crippen LogP contribution in [0.25, 0.3) is 0 Å². The highest BCUT2D eigenvalue weighted by molar-refractivity contribution is 6.84. The highest BCUT2D eigenvalue weighted by Crippen LogP contribution is 2.45. The molecule has 0 aromatic heterocycles. The molecule has 0 aliphatic heterocycles. The van der Waals surface area contributed by atoms with Gasteiger partial charge in [-0.1, -0.05) is 70.6 Å². The van der Waals surface area contributed by atoms with Gasteiger partial charge in [-0.2, -0.15) is 0 Å². The van der Waals surface area contributed by atoms with E-state index in [1.807, 2.05) is 51.1 Å². The molecular weight excluding hydrogens is 328 g/mol. The maximum absolute atomic E-state index is 12.1. The fourth-order valence-electron chi connectivity index (χ4n) is 3.01. The highest BCUT2D eigenvalue weighted by Gasteiger charge is 2.55. The molecular formula is C21H34O3Si. The van der Waals surface area contributed by atoms with Crippen LogP contribution in [0.4, 0.5) is 0 Å². The number of hydrogen-bond acceptors (Lipinski definition) is 3. The Hall–Kier alpha value is -1.39. The molecule has 0 amide bonds. The fourth-order valence-corrected chi connectivity index (χ4v) is 6.60. The molecule has 0 heterocycles. The predicted molar refractivity (Wildman–Crippen MR) is 107 cm³/mol. The normalized spacial score (nSPS) is 17.1. The molecule has 4 heteroatoms. The Labute approximate surface area is 154 Å². The summed E-state index contributed by atoms with van der Waals surface area (Å²) in [4.78, 5) is 12.1. The van der Waals surface area contributed by atoms with Crippen molar-refractivity contribution in [2.75, 3.05) is 6.23 Å². The monoisotopic (exact) mass is 362 g/mol. The third-order valence-electron chi connectivity index (χ3n) is 5.35. The molecule has 2 atom stereocenters. The summed E-state index contributed by atoms with van der Waals surface area (Å²) in [6, 6.07) is 10.2. The fraction of sp³-hybridized carbons (Fsp3) is 0.571. The minimum Gasteiger partial charge on any atom is -0.459 e. The molecule has 25 heavy (non-hydrogen) atoms. The highest BCUT2D eigenvalue weighted by atomic mass is 28.3. The minimum absolute atomic E-state index is 0.00592. The van der Waals surface area contributed by atoms with Crippen LogP contribution in [-0.2, 0) is 20.9 Å². The number of carbonyl (C=O) groups is 1. The van der Waals surface area contributed by atoms with E-state index < -0.39 is 13.3 Å². The molecule has 0 fully saturated rings. The standard InChI is InChI=1S/C21H34O3Si/c1-8-15-21(6,24-19(22)9-2)25(7,20(3,4)5)17-23-16-18-13-11-10-12-14-18/h8,10-15H,9,16-17H2,1-7H3/b15-8+/t21-,25-/m0/s1. The molecule has 1 rings (SSSR count). The lowest BCUT2D eigenvalue weighted by Crippen LogP contribution is -2.64. The van der Waals surface area contributed by atoms with E-state index in [9.17, 15) is 4.79 Å². The van der Waals surface area contributed by atoms with Crippen LogP contribution in [0.15, 0.2) is 42.5 Å². The molecule has 1 aromatic carbocycles. The summed E-state index contributed by atoms with van der Waals surface area (Å²) in [5.74, 6) is -0.161. The van der Waals surface area contributed by atoms with Gasteiger partial charge in [-0.3, -0.25) is 4.79 Å². The molecule has 0 spiro atoms. The summed E-state index contributed by atoms with van der Waals surface area (Å²) >= 11 is 0. The Kier molecular flexibility index (Phi) is 7.63. The number of ether oxygens (including phenoxy) is 2. The van der Waals surface area contributed by atoms with E-state index in [0.29, 0.717) is 19.3 Å². The average molecular weight is 363 g/mol. The van der Waals surface area contributed by atoms with Crippen molar-refractivity contribution in [1.82, 2.24) is 0 Å². The van der Waals surface area contributed by atoms with Crippen molar-refractivity contribution >= 4 is 14.0 Å². The van der Waals surface area contributed by atoms with Crippen LogP contribution in [0.2, 0.25) is 11.6 Å². The first-order valence-electron chi connectivity index (χ1n) is 9.07. The van der Waals surface area contributed by atoms with Gasteiger partial charge in [0.15, 0.2) is 0 Å². The lowest BCUT2D eigenvalue weighted by molar-refractivity contribution is -0.149. The zero-order valence-electron chi connectivity index (χ0n) is 16.9. The molecule has 3 nitrogen and oxygen atoms in total. The van der Waals surface area contributed by atoms with Crippen molar-refractivity contribution < 1.29 is 14.3 Å². The summed E-state index contributed by atoms with van der Waals surface area (Å²) in [5, 5.41) is -0.601. The van der Waals surface area contributed by atoms with Crippen molar-refractivity contribution in [3.8, 4) is 0 Å². The van der Waals surface area contributed by atoms with Crippen LogP contribution in [-0.4, -0.2) is 25.5 Å². The molecule has 0 N–H and O–H groups in total. The van der Waals surface area contributed by atoms with Gasteiger partial charge in [0.2, 0.25) is 0 Å². The molecule has 0 bridgehead atoms. The van der Waals surface area contributed by atoms with Crippen molar-refractivity contribution in [3.63, 3.8) is 0 Å². The second kappa shape index (κ2) is 8.81. The maximum atomic E-state index is 12.1. The number of benzene rings is 1. The smallest absolute Gasteiger partial charge is 0.306 e. The van der Waals surface area contributed by atoms with Crippen molar-refractivity contribution in [3.05, 3.63) is 48.0 Å². The minimum atomic E-state index is -2.21. The van der Waals surface area contributed by atoms with E-state index >= 15 is 0 Å². The first-order valence-corrected chi connectivity index (χ1v) is 11.8. The Bertz CT molecular complexity index is 577. The van der Waals surface area contributed by atoms with Crippen LogP contribution in [0.5, 0.6) is 0 Å². The predicted octanol–water partition coefficient (Wildman–Crippen LogP) is 5.45. The van der Waals surface area contributed by atoms with Crippen molar-refractivity contribution in [1.29, 1.82) is 0 Å². The van der Waals surface area contributed by atoms with E-state index in [4.69, 9.17) is 9.47 Å². The van der Waals surface area contributed by atoms with Gasteiger partial charge in [0.1, 0.15) is 13.3 Å². The summed E-state index contributed by atoms with van der Waals surface area (Å²) < 4.78 is 12.1. The third kappa shape index (κ3) is 5.29. The van der Waals surface area contributed by atoms with Crippen LogP contribution >= 0.6 is 0 Å². The van der Waals surface area contributed by atoms with Gasteiger partial charge in [0.05, 0.1) is 6.61 Å². The largest absolute Gasteiger partial charge is 0.459 e. The van der Waals surface area contributed by atoms with Crippen molar-refractivity contribution in [2.45, 2.75) is 71.4 Å². The third-order valence-corrected chi connectivity index (χ3v) is 11.9. The molecule has 0 radical (unpaired) electrons. The second-order valence-corrected chi connectivity index (χ2v) is 13.4. The number of hydrogen-bond donors (Lipinski definition) is 0. The second-order valence-electron chi connectivity index (χ2n) is 8.00. The topological polar surface area (TPSA) is 35.5 Å². The molecule has 0 saturated heterocycles. The molecule has 0 unspecified atom stereocenters. The van der Waals surface area contributed by atoms with E-state index in [1.165, 1.54) is 0 Å². The molecule has 0 saturated carbocycles. The molecule has 0 aliphatic carbocycles. The number of esters is 1. The summed E-state index contributed by atoms with van der Waals surface area (Å²) in [6.07, 6.45) is 5.04. The first-order chi connectivity index (χ1) is 11.6. The van der Waals surface area contributed by atoms with Gasteiger partial charge in [-0.15, -0.1) is 0 Å². The lowest BCUT2D eigenvalue weighted by Gasteiger charge is -2.50. The first kappa shape index (κ1) is 21.6. The average Bonchev–Trinajstić information content (AvgIpc) is 2.54.